The molecule has 22 heavy (non-hydrogen) atoms. The summed E-state index contributed by atoms with van der Waals surface area (Å²) in [5.74, 6) is -1.60. The number of carboxylic acid groups (broad SMARTS) is 1. The molecule has 0 spiro atoms. The zero-order valence-corrected chi connectivity index (χ0v) is 11.2. The molecule has 11 heteroatoms. The molecular weight excluding hydrogens is 308 g/mol. The van der Waals surface area contributed by atoms with E-state index >= 15 is 0 Å². The highest BCUT2D eigenvalue weighted by Crippen LogP contribution is 2.26. The van der Waals surface area contributed by atoms with Gasteiger partial charge in [-0.3, -0.25) is 0 Å². The predicted molar refractivity (Wildman–Crippen MR) is 63.2 cm³/mol. The first kappa shape index (κ1) is 17.5. The number of hydrogen-bond donors (Lipinski definition) is 7. The fourth-order valence-corrected chi connectivity index (χ4v) is 2.25. The van der Waals surface area contributed by atoms with Crippen LogP contribution in [0.15, 0.2) is 0 Å². The Balaban J connectivity index is 2.11. The second kappa shape index (κ2) is 6.70. The Morgan fingerprint density at radius 1 is 0.955 bits per heavy atom. The third-order valence-electron chi connectivity index (χ3n) is 3.55. The molecule has 7 N–H and O–H groups in total. The molecular formula is C11H18O11. The van der Waals surface area contributed by atoms with Crippen molar-refractivity contribution in [3.63, 3.8) is 0 Å². The van der Waals surface area contributed by atoms with Crippen molar-refractivity contribution in [2.45, 2.75) is 55.3 Å². The van der Waals surface area contributed by atoms with Crippen LogP contribution in [-0.2, 0) is 19.0 Å². The van der Waals surface area contributed by atoms with Crippen LogP contribution in [0, 0.1) is 0 Å². The fraction of sp³-hybridized carbons (Fsp3) is 0.909. The van der Waals surface area contributed by atoms with E-state index in [9.17, 15) is 35.4 Å². The molecule has 2 aliphatic rings. The van der Waals surface area contributed by atoms with Gasteiger partial charge in [-0.25, -0.2) is 4.79 Å². The lowest BCUT2D eigenvalue weighted by molar-refractivity contribution is -0.347. The molecule has 0 radical (unpaired) electrons. The van der Waals surface area contributed by atoms with Gasteiger partial charge in [0.15, 0.2) is 18.7 Å². The third-order valence-corrected chi connectivity index (χ3v) is 3.55. The van der Waals surface area contributed by atoms with Gasteiger partial charge in [-0.2, -0.15) is 0 Å². The Kier molecular flexibility index (Phi) is 5.32. The van der Waals surface area contributed by atoms with E-state index in [2.05, 4.69) is 0 Å². The highest BCUT2D eigenvalue weighted by Gasteiger charge is 2.50. The minimum Gasteiger partial charge on any atom is -0.479 e. The first-order valence-corrected chi connectivity index (χ1v) is 6.47. The molecule has 2 aliphatic heterocycles. The van der Waals surface area contributed by atoms with Crippen LogP contribution in [0.2, 0.25) is 0 Å². The summed E-state index contributed by atoms with van der Waals surface area (Å²) in [4.78, 5) is 10.9. The number of ether oxygens (including phenoxy) is 3. The van der Waals surface area contributed by atoms with Gasteiger partial charge < -0.3 is 50.0 Å². The number of carboxylic acids is 1. The Hall–Kier alpha value is -0.890. The molecule has 0 aliphatic carbocycles. The Labute approximate surface area is 123 Å². The number of carbonyl (C=O) groups is 1. The van der Waals surface area contributed by atoms with Crippen LogP contribution in [0.4, 0.5) is 0 Å². The fourth-order valence-electron chi connectivity index (χ4n) is 2.25. The first-order chi connectivity index (χ1) is 10.2. The largest absolute Gasteiger partial charge is 0.479 e. The van der Waals surface area contributed by atoms with Crippen LogP contribution in [0.5, 0.6) is 0 Å². The van der Waals surface area contributed by atoms with Crippen LogP contribution in [0.25, 0.3) is 0 Å². The van der Waals surface area contributed by atoms with E-state index in [4.69, 9.17) is 19.3 Å². The molecule has 128 valence electrons. The minimum atomic E-state index is -1.89. The van der Waals surface area contributed by atoms with Gasteiger partial charge in [-0.1, -0.05) is 0 Å². The van der Waals surface area contributed by atoms with Crippen molar-refractivity contribution in [1.82, 2.24) is 0 Å². The van der Waals surface area contributed by atoms with Crippen molar-refractivity contribution in [3.05, 3.63) is 0 Å². The van der Waals surface area contributed by atoms with Crippen molar-refractivity contribution in [3.8, 4) is 0 Å². The number of aliphatic hydroxyl groups excluding tert-OH is 6. The summed E-state index contributed by atoms with van der Waals surface area (Å²) < 4.78 is 14.6. The molecule has 2 rings (SSSR count). The van der Waals surface area contributed by atoms with Gasteiger partial charge in [0, 0.05) is 0 Å². The van der Waals surface area contributed by atoms with E-state index in [-0.39, 0.29) is 6.61 Å². The summed E-state index contributed by atoms with van der Waals surface area (Å²) in [5.41, 5.74) is 0. The number of rotatable bonds is 3. The zero-order valence-electron chi connectivity index (χ0n) is 11.2. The van der Waals surface area contributed by atoms with Gasteiger partial charge in [-0.15, -0.1) is 0 Å². The van der Waals surface area contributed by atoms with E-state index in [0.717, 1.165) is 0 Å². The topological polar surface area (TPSA) is 186 Å². The van der Waals surface area contributed by atoms with Gasteiger partial charge in [0.2, 0.25) is 0 Å². The summed E-state index contributed by atoms with van der Waals surface area (Å²) in [5, 5.41) is 66.5. The van der Waals surface area contributed by atoms with Crippen LogP contribution in [0.1, 0.15) is 0 Å². The number of aliphatic carboxylic acids is 1. The van der Waals surface area contributed by atoms with E-state index in [1.807, 2.05) is 0 Å². The predicted octanol–water partition coefficient (Wildman–Crippen LogP) is -4.67. The van der Waals surface area contributed by atoms with Crippen molar-refractivity contribution >= 4 is 5.97 Å². The minimum absolute atomic E-state index is 0.352. The molecule has 0 aromatic heterocycles. The van der Waals surface area contributed by atoms with Gasteiger partial charge in [0.05, 0.1) is 6.61 Å². The van der Waals surface area contributed by atoms with E-state index in [1.165, 1.54) is 0 Å². The SMILES string of the molecule is O=C(O)[C@H]1O[C@@H](O[C@H]2[C@H](O)[C@H](O)CO[C@@H]2O)[C@H](O)[C@H](O)[C@@H]1O. The lowest BCUT2D eigenvalue weighted by Gasteiger charge is -2.42. The third kappa shape index (κ3) is 3.22. The van der Waals surface area contributed by atoms with E-state index in [1.54, 1.807) is 0 Å². The van der Waals surface area contributed by atoms with Crippen LogP contribution < -0.4 is 0 Å². The maximum absolute atomic E-state index is 10.9. The quantitative estimate of drug-likeness (QED) is 0.264. The molecule has 0 amide bonds. The normalized spacial score (nSPS) is 49.8. The van der Waals surface area contributed by atoms with Crippen LogP contribution in [0.3, 0.4) is 0 Å². The van der Waals surface area contributed by atoms with E-state index < -0.39 is 61.3 Å². The smallest absolute Gasteiger partial charge is 0.335 e. The molecule has 2 saturated heterocycles. The molecule has 2 fully saturated rings. The van der Waals surface area contributed by atoms with Gasteiger partial charge in [-0.05, 0) is 0 Å². The average Bonchev–Trinajstić information content (AvgIpc) is 2.47. The molecule has 0 bridgehead atoms. The molecule has 0 unspecified atom stereocenters. The second-order valence-electron chi connectivity index (χ2n) is 5.12. The van der Waals surface area contributed by atoms with Gasteiger partial charge in [0.1, 0.15) is 36.6 Å². The Morgan fingerprint density at radius 2 is 1.59 bits per heavy atom. The lowest BCUT2D eigenvalue weighted by Crippen LogP contribution is -2.63. The zero-order chi connectivity index (χ0) is 16.6. The number of hydrogen-bond acceptors (Lipinski definition) is 10. The molecule has 2 heterocycles. The number of aliphatic hydroxyl groups is 6. The molecule has 11 nitrogen and oxygen atoms in total. The summed E-state index contributed by atoms with van der Waals surface area (Å²) in [7, 11) is 0. The standard InChI is InChI=1S/C11H18O11/c12-2-1-20-10(19)8(3(2)13)22-11-6(16)4(14)5(15)7(21-11)9(17)18/h2-8,10-16,19H,1H2,(H,17,18)/t2-,3-,4-,5+,6-,7+,8+,10+,11+/m1/s1. The van der Waals surface area contributed by atoms with Crippen molar-refractivity contribution < 1.29 is 54.8 Å². The molecule has 9 atom stereocenters. The second-order valence-corrected chi connectivity index (χ2v) is 5.12. The maximum atomic E-state index is 10.9. The van der Waals surface area contributed by atoms with Gasteiger partial charge >= 0.3 is 5.97 Å². The van der Waals surface area contributed by atoms with Crippen molar-refractivity contribution in [2.75, 3.05) is 6.61 Å². The van der Waals surface area contributed by atoms with Crippen molar-refractivity contribution in [2.24, 2.45) is 0 Å². The first-order valence-electron chi connectivity index (χ1n) is 6.47. The van der Waals surface area contributed by atoms with E-state index in [0.29, 0.717) is 0 Å². The summed E-state index contributed by atoms with van der Waals surface area (Å²) in [6.07, 6.45) is -15.5. The van der Waals surface area contributed by atoms with Crippen molar-refractivity contribution in [1.29, 1.82) is 0 Å². The molecule has 0 saturated carbocycles. The molecule has 0 aromatic carbocycles. The van der Waals surface area contributed by atoms with Crippen LogP contribution in [-0.4, -0.2) is 104 Å². The summed E-state index contributed by atoms with van der Waals surface area (Å²) >= 11 is 0. The van der Waals surface area contributed by atoms with Gasteiger partial charge in [0.25, 0.3) is 0 Å². The molecule has 0 aromatic rings. The van der Waals surface area contributed by atoms with Crippen LogP contribution >= 0.6 is 0 Å². The summed E-state index contributed by atoms with van der Waals surface area (Å²) in [6, 6.07) is 0. The summed E-state index contributed by atoms with van der Waals surface area (Å²) in [6.45, 7) is -0.352. The monoisotopic (exact) mass is 326 g/mol. The lowest BCUT2D eigenvalue weighted by atomic mass is 9.98. The Morgan fingerprint density at radius 3 is 2.18 bits per heavy atom. The highest BCUT2D eigenvalue weighted by molar-refractivity contribution is 5.73. The maximum Gasteiger partial charge on any atom is 0.335 e. The highest BCUT2D eigenvalue weighted by atomic mass is 16.7. The average molecular weight is 326 g/mol. The Bertz CT molecular complexity index is 403.